The fraction of sp³-hybridized carbons (Fsp3) is 0.625. The van der Waals surface area contributed by atoms with Crippen molar-refractivity contribution in [3.8, 4) is 0 Å². The summed E-state index contributed by atoms with van der Waals surface area (Å²) in [6.45, 7) is 12.7. The molecule has 0 heterocycles. The van der Waals surface area contributed by atoms with Crippen molar-refractivity contribution >= 4 is 35.8 Å². The third-order valence-corrected chi connectivity index (χ3v) is 10.5. The summed E-state index contributed by atoms with van der Waals surface area (Å²) in [6, 6.07) is 5.04. The first-order chi connectivity index (χ1) is 31.2. The average molecular weight is 937 g/mol. The van der Waals surface area contributed by atoms with Gasteiger partial charge in [0.15, 0.2) is 0 Å². The molecule has 18 heteroatoms. The first-order valence-electron chi connectivity index (χ1n) is 22.0. The highest BCUT2D eigenvalue weighted by Gasteiger charge is 2.27. The van der Waals surface area contributed by atoms with Gasteiger partial charge in [0.05, 0.1) is 39.6 Å². The molecule has 1 aromatic rings. The van der Waals surface area contributed by atoms with E-state index in [9.17, 15) is 59.4 Å². The lowest BCUT2D eigenvalue weighted by Gasteiger charge is -2.23. The fourth-order valence-corrected chi connectivity index (χ4v) is 5.38. The fourth-order valence-electron chi connectivity index (χ4n) is 5.38. The number of hydrogen-bond donors (Lipinski definition) is 6. The van der Waals surface area contributed by atoms with Crippen molar-refractivity contribution in [1.82, 2.24) is 0 Å². The molecule has 0 aliphatic rings. The lowest BCUT2D eigenvalue weighted by molar-refractivity contribution is -0.146. The summed E-state index contributed by atoms with van der Waals surface area (Å²) in [6.07, 6.45) is 3.35. The maximum atomic E-state index is 12.7. The van der Waals surface area contributed by atoms with E-state index in [1.54, 1.807) is 39.0 Å². The largest absolute Gasteiger partial charge is 0.462 e. The lowest BCUT2D eigenvalue weighted by atomic mass is 9.94. The van der Waals surface area contributed by atoms with Gasteiger partial charge in [0.1, 0.15) is 39.6 Å². The molecule has 0 saturated carbocycles. The molecule has 1 aromatic carbocycles. The van der Waals surface area contributed by atoms with Crippen LogP contribution in [-0.4, -0.2) is 126 Å². The summed E-state index contributed by atoms with van der Waals surface area (Å²) in [4.78, 5) is 74.8. The lowest BCUT2D eigenvalue weighted by Crippen LogP contribution is -2.32. The molecule has 1 rings (SSSR count). The number of aliphatic hydroxyl groups is 6. The molecule has 0 saturated heterocycles. The van der Waals surface area contributed by atoms with Crippen molar-refractivity contribution in [2.45, 2.75) is 118 Å². The zero-order chi connectivity index (χ0) is 49.8. The Bertz CT molecular complexity index is 1540. The summed E-state index contributed by atoms with van der Waals surface area (Å²) < 4.78 is 31.9. The number of carbonyl (C=O) groups excluding carboxylic acids is 6. The Kier molecular flexibility index (Phi) is 27.8. The van der Waals surface area contributed by atoms with Gasteiger partial charge in [-0.15, -0.1) is 0 Å². The topological polar surface area (TPSA) is 279 Å². The molecule has 0 bridgehead atoms. The standard InChI is InChI=1S/C48H72O18/c1-34(43(58)64-31-46(4,25-49)26-50)13-7-10-16-40(55)61-22-37-19-38(23-62-41(56)17-11-8-14-35(2)44(59)65-32-47(5,27-51)28-52)21-39(20-37)24-63-42(57)18-12-9-15-36(3)45(60)66-33-48(6,29-53)30-54/h19-21,49-54H,1-3,7-18,22-33H2,4-6H3. The van der Waals surface area contributed by atoms with E-state index in [1.807, 2.05) is 0 Å². The van der Waals surface area contributed by atoms with E-state index in [2.05, 4.69) is 19.7 Å². The van der Waals surface area contributed by atoms with E-state index in [0.29, 0.717) is 55.2 Å². The van der Waals surface area contributed by atoms with Crippen LogP contribution in [0, 0.1) is 16.2 Å². The summed E-state index contributed by atoms with van der Waals surface area (Å²) in [5.74, 6) is -3.51. The summed E-state index contributed by atoms with van der Waals surface area (Å²) >= 11 is 0. The van der Waals surface area contributed by atoms with Gasteiger partial charge in [-0.25, -0.2) is 14.4 Å². The van der Waals surface area contributed by atoms with Gasteiger partial charge in [0.25, 0.3) is 0 Å². The molecular weight excluding hydrogens is 865 g/mol. The molecular formula is C48H72O18. The van der Waals surface area contributed by atoms with Crippen molar-refractivity contribution in [3.05, 3.63) is 71.3 Å². The number of unbranched alkanes of at least 4 members (excludes halogenated alkanes) is 3. The predicted molar refractivity (Wildman–Crippen MR) is 238 cm³/mol. The van der Waals surface area contributed by atoms with Crippen LogP contribution in [0.4, 0.5) is 0 Å². The smallest absolute Gasteiger partial charge is 0.333 e. The molecule has 0 fully saturated rings. The molecule has 0 amide bonds. The molecule has 0 aromatic heterocycles. The van der Waals surface area contributed by atoms with Crippen LogP contribution in [0.5, 0.6) is 0 Å². The van der Waals surface area contributed by atoms with Gasteiger partial charge in [-0.1, -0.05) is 40.5 Å². The predicted octanol–water partition coefficient (Wildman–Crippen LogP) is 3.77. The Labute approximate surface area is 387 Å². The molecule has 0 unspecified atom stereocenters. The molecule has 0 aliphatic heterocycles. The van der Waals surface area contributed by atoms with E-state index in [-0.39, 0.29) is 135 Å². The van der Waals surface area contributed by atoms with Crippen LogP contribution in [0.1, 0.15) is 115 Å². The number of hydrogen-bond acceptors (Lipinski definition) is 18. The third kappa shape index (κ3) is 24.0. The highest BCUT2D eigenvalue weighted by Crippen LogP contribution is 2.21. The van der Waals surface area contributed by atoms with Crippen LogP contribution >= 0.6 is 0 Å². The van der Waals surface area contributed by atoms with Crippen molar-refractivity contribution in [2.75, 3.05) is 59.5 Å². The molecule has 372 valence electrons. The highest BCUT2D eigenvalue weighted by atomic mass is 16.6. The number of benzene rings is 1. The highest BCUT2D eigenvalue weighted by molar-refractivity contribution is 5.88. The first kappa shape index (κ1) is 59.0. The van der Waals surface area contributed by atoms with Gasteiger partial charge in [-0.3, -0.25) is 14.4 Å². The van der Waals surface area contributed by atoms with Gasteiger partial charge in [-0.05, 0) is 92.7 Å². The molecule has 6 N–H and O–H groups in total. The first-order valence-corrected chi connectivity index (χ1v) is 22.0. The number of esters is 6. The Hall–Kier alpha value is -4.98. The van der Waals surface area contributed by atoms with Gasteiger partial charge in [0, 0.05) is 52.2 Å². The van der Waals surface area contributed by atoms with Crippen molar-refractivity contribution in [2.24, 2.45) is 16.2 Å². The number of aliphatic hydroxyl groups excluding tert-OH is 6. The minimum atomic E-state index is -0.978. The summed E-state index contributed by atoms with van der Waals surface area (Å²) in [5.41, 5.74) is -0.782. The Morgan fingerprint density at radius 3 is 0.818 bits per heavy atom. The second kappa shape index (κ2) is 31.1. The quantitative estimate of drug-likeness (QED) is 0.0242. The van der Waals surface area contributed by atoms with E-state index >= 15 is 0 Å². The molecule has 18 nitrogen and oxygen atoms in total. The normalized spacial score (nSPS) is 11.6. The van der Waals surface area contributed by atoms with Crippen LogP contribution in [0.25, 0.3) is 0 Å². The van der Waals surface area contributed by atoms with E-state index in [1.165, 1.54) is 0 Å². The second-order valence-electron chi connectivity index (χ2n) is 17.7. The van der Waals surface area contributed by atoms with Gasteiger partial charge in [0.2, 0.25) is 0 Å². The third-order valence-electron chi connectivity index (χ3n) is 10.5. The van der Waals surface area contributed by atoms with Crippen LogP contribution in [-0.2, 0) is 77.0 Å². The number of ether oxygens (including phenoxy) is 6. The molecule has 0 radical (unpaired) electrons. The molecule has 66 heavy (non-hydrogen) atoms. The molecule has 0 spiro atoms. The van der Waals surface area contributed by atoms with Crippen LogP contribution in [0.2, 0.25) is 0 Å². The Balaban J connectivity index is 2.78. The monoisotopic (exact) mass is 936 g/mol. The maximum Gasteiger partial charge on any atom is 0.333 e. The van der Waals surface area contributed by atoms with Crippen molar-refractivity contribution in [1.29, 1.82) is 0 Å². The van der Waals surface area contributed by atoms with Crippen LogP contribution < -0.4 is 0 Å². The van der Waals surface area contributed by atoms with E-state index in [0.717, 1.165) is 0 Å². The van der Waals surface area contributed by atoms with Crippen molar-refractivity contribution in [3.63, 3.8) is 0 Å². The van der Waals surface area contributed by atoms with Gasteiger partial charge < -0.3 is 59.1 Å². The van der Waals surface area contributed by atoms with Gasteiger partial charge in [-0.2, -0.15) is 0 Å². The molecule has 0 atom stereocenters. The average Bonchev–Trinajstić information content (AvgIpc) is 3.32. The Morgan fingerprint density at radius 1 is 0.394 bits per heavy atom. The zero-order valence-corrected chi connectivity index (χ0v) is 38.9. The van der Waals surface area contributed by atoms with E-state index in [4.69, 9.17) is 28.4 Å². The van der Waals surface area contributed by atoms with Crippen molar-refractivity contribution < 1.29 is 87.8 Å². The van der Waals surface area contributed by atoms with Crippen LogP contribution in [0.15, 0.2) is 54.7 Å². The number of carbonyl (C=O) groups is 6. The number of rotatable bonds is 36. The summed E-state index contributed by atoms with van der Waals surface area (Å²) in [7, 11) is 0. The molecule has 0 aliphatic carbocycles. The van der Waals surface area contributed by atoms with Crippen LogP contribution in [0.3, 0.4) is 0 Å². The van der Waals surface area contributed by atoms with Gasteiger partial charge >= 0.3 is 35.8 Å². The Morgan fingerprint density at radius 2 is 0.606 bits per heavy atom. The second-order valence-corrected chi connectivity index (χ2v) is 17.7. The maximum absolute atomic E-state index is 12.7. The minimum Gasteiger partial charge on any atom is -0.462 e. The summed E-state index contributed by atoms with van der Waals surface area (Å²) in [5, 5.41) is 56.3. The minimum absolute atomic E-state index is 0.0417. The van der Waals surface area contributed by atoms with E-state index < -0.39 is 52.1 Å². The zero-order valence-electron chi connectivity index (χ0n) is 38.9. The SMILES string of the molecule is C=C(CCCCC(=O)OCc1cc(COC(=O)CCCCC(=C)C(=O)OCC(C)(CO)CO)cc(COC(=O)CCCCC(=C)C(=O)OCC(C)(CO)CO)c1)C(=O)OCC(C)(CO)CO.